The van der Waals surface area contributed by atoms with Gasteiger partial charge in [0.2, 0.25) is 0 Å². The molecule has 1 N–H and O–H groups in total. The van der Waals surface area contributed by atoms with Crippen LogP contribution < -0.4 is 5.32 Å². The molecule has 1 aromatic heterocycles. The number of nitrogens with one attached hydrogen (secondary N) is 1. The van der Waals surface area contributed by atoms with Crippen molar-refractivity contribution in [2.24, 2.45) is 0 Å². The zero-order valence-corrected chi connectivity index (χ0v) is 18.2. The highest BCUT2D eigenvalue weighted by molar-refractivity contribution is 7.99. The van der Waals surface area contributed by atoms with Crippen LogP contribution in [0.4, 0.5) is 11.4 Å². The first-order chi connectivity index (χ1) is 14.4. The van der Waals surface area contributed by atoms with Gasteiger partial charge in [-0.1, -0.05) is 65.3 Å². The maximum atomic E-state index is 12.9. The molecule has 0 unspecified atom stereocenters. The highest BCUT2D eigenvalue weighted by Gasteiger charge is 2.20. The van der Waals surface area contributed by atoms with E-state index in [1.807, 2.05) is 24.3 Å². The Morgan fingerprint density at radius 2 is 1.73 bits per heavy atom. The summed E-state index contributed by atoms with van der Waals surface area (Å²) in [6, 6.07) is 19.1. The third-order valence-corrected chi connectivity index (χ3v) is 7.26. The quantitative estimate of drug-likeness (QED) is 0.239. The van der Waals surface area contributed by atoms with E-state index < -0.39 is 4.92 Å². The SMILES string of the molecule is O=C(Nc1ccccc1Sc1ccc(Cl)cc1[N+](=O)[O-])c1sc2ccccc2c1Cl. The minimum absolute atomic E-state index is 0.0961. The molecule has 0 fully saturated rings. The van der Waals surface area contributed by atoms with Crippen LogP contribution >= 0.6 is 46.3 Å². The second-order valence-electron chi connectivity index (χ2n) is 6.16. The van der Waals surface area contributed by atoms with Gasteiger partial charge >= 0.3 is 0 Å². The van der Waals surface area contributed by atoms with Gasteiger partial charge in [-0.15, -0.1) is 11.3 Å². The number of amides is 1. The van der Waals surface area contributed by atoms with Crippen LogP contribution in [0.5, 0.6) is 0 Å². The predicted octanol–water partition coefficient (Wildman–Crippen LogP) is 7.52. The Bertz CT molecular complexity index is 1290. The summed E-state index contributed by atoms with van der Waals surface area (Å²) in [5.41, 5.74) is 0.437. The van der Waals surface area contributed by atoms with E-state index in [-0.39, 0.29) is 16.6 Å². The lowest BCUT2D eigenvalue weighted by atomic mass is 10.2. The van der Waals surface area contributed by atoms with E-state index in [1.165, 1.54) is 29.2 Å². The standard InChI is InChI=1S/C21H12Cl2N2O3S2/c22-12-9-10-18(15(11-12)25(27)28)29-17-8-4-2-6-14(17)24-21(26)20-19(23)13-5-1-3-7-16(13)30-20/h1-11H,(H,24,26). The number of hydrogen-bond acceptors (Lipinski definition) is 5. The van der Waals surface area contributed by atoms with Crippen LogP contribution in [0, 0.1) is 10.1 Å². The number of carbonyl (C=O) groups excluding carboxylic acids is 1. The van der Waals surface area contributed by atoms with Crippen LogP contribution in [0.15, 0.2) is 76.5 Å². The average Bonchev–Trinajstić information content (AvgIpc) is 3.07. The van der Waals surface area contributed by atoms with Gasteiger partial charge in [-0.25, -0.2) is 0 Å². The molecule has 0 atom stereocenters. The highest BCUT2D eigenvalue weighted by atomic mass is 35.5. The van der Waals surface area contributed by atoms with Crippen molar-refractivity contribution in [2.75, 3.05) is 5.32 Å². The molecule has 150 valence electrons. The van der Waals surface area contributed by atoms with Crippen molar-refractivity contribution >= 4 is 73.7 Å². The summed E-state index contributed by atoms with van der Waals surface area (Å²) in [6.07, 6.45) is 0. The first-order valence-corrected chi connectivity index (χ1v) is 11.0. The molecule has 1 amide bonds. The molecular weight excluding hydrogens is 463 g/mol. The largest absolute Gasteiger partial charge is 0.320 e. The van der Waals surface area contributed by atoms with E-state index in [1.54, 1.807) is 36.4 Å². The summed E-state index contributed by atoms with van der Waals surface area (Å²) in [6.45, 7) is 0. The van der Waals surface area contributed by atoms with Gasteiger partial charge in [0.15, 0.2) is 0 Å². The Kier molecular flexibility index (Phi) is 5.97. The summed E-state index contributed by atoms with van der Waals surface area (Å²) >= 11 is 14.8. The fraction of sp³-hybridized carbons (Fsp3) is 0. The molecule has 0 saturated carbocycles. The van der Waals surface area contributed by atoms with E-state index >= 15 is 0 Å². The van der Waals surface area contributed by atoms with Crippen LogP contribution in [-0.2, 0) is 0 Å². The van der Waals surface area contributed by atoms with E-state index in [9.17, 15) is 14.9 Å². The molecule has 30 heavy (non-hydrogen) atoms. The van der Waals surface area contributed by atoms with Gasteiger partial charge < -0.3 is 5.32 Å². The Labute approximate surface area is 189 Å². The van der Waals surface area contributed by atoms with Gasteiger partial charge in [-0.3, -0.25) is 14.9 Å². The number of carbonyl (C=O) groups is 1. The fourth-order valence-corrected chi connectivity index (χ4v) is 5.40. The summed E-state index contributed by atoms with van der Waals surface area (Å²) in [5.74, 6) is -0.333. The number of hydrogen-bond donors (Lipinski definition) is 1. The van der Waals surface area contributed by atoms with Crippen molar-refractivity contribution in [3.8, 4) is 0 Å². The molecule has 3 aromatic carbocycles. The second kappa shape index (κ2) is 8.65. The van der Waals surface area contributed by atoms with Crippen LogP contribution in [0.3, 0.4) is 0 Å². The molecule has 0 bridgehead atoms. The van der Waals surface area contributed by atoms with Gasteiger partial charge in [0.1, 0.15) is 4.88 Å². The van der Waals surface area contributed by atoms with Crippen molar-refractivity contribution in [2.45, 2.75) is 9.79 Å². The Morgan fingerprint density at radius 3 is 2.50 bits per heavy atom. The number of fused-ring (bicyclic) bond motifs is 1. The number of thiophene rings is 1. The maximum Gasteiger partial charge on any atom is 0.284 e. The summed E-state index contributed by atoms with van der Waals surface area (Å²) < 4.78 is 0.923. The van der Waals surface area contributed by atoms with Crippen molar-refractivity contribution < 1.29 is 9.72 Å². The van der Waals surface area contributed by atoms with Crippen LogP contribution in [0.25, 0.3) is 10.1 Å². The second-order valence-corrected chi connectivity index (χ2v) is 9.11. The van der Waals surface area contributed by atoms with E-state index in [0.29, 0.717) is 25.4 Å². The summed E-state index contributed by atoms with van der Waals surface area (Å²) in [4.78, 5) is 25.3. The minimum Gasteiger partial charge on any atom is -0.320 e. The number of anilines is 1. The van der Waals surface area contributed by atoms with Gasteiger partial charge in [0.05, 0.1) is 20.5 Å². The maximum absolute atomic E-state index is 12.9. The number of benzene rings is 3. The van der Waals surface area contributed by atoms with Crippen molar-refractivity contribution in [3.05, 3.63) is 91.8 Å². The first-order valence-electron chi connectivity index (χ1n) is 8.63. The van der Waals surface area contributed by atoms with Crippen LogP contribution in [-0.4, -0.2) is 10.8 Å². The molecule has 0 aliphatic rings. The Hall–Kier alpha value is -2.58. The zero-order valence-electron chi connectivity index (χ0n) is 15.1. The first kappa shape index (κ1) is 20.7. The Balaban J connectivity index is 1.65. The Morgan fingerprint density at radius 1 is 1.00 bits per heavy atom. The smallest absolute Gasteiger partial charge is 0.284 e. The molecule has 0 aliphatic carbocycles. The lowest BCUT2D eigenvalue weighted by Crippen LogP contribution is -2.11. The number of rotatable bonds is 5. The lowest BCUT2D eigenvalue weighted by molar-refractivity contribution is -0.387. The molecule has 4 aromatic rings. The number of nitrogens with zero attached hydrogens (tertiary/aromatic N) is 1. The minimum atomic E-state index is -0.480. The normalized spacial score (nSPS) is 10.9. The lowest BCUT2D eigenvalue weighted by Gasteiger charge is -2.11. The van der Waals surface area contributed by atoms with Gasteiger partial charge in [0.25, 0.3) is 11.6 Å². The number of nitro groups is 1. The predicted molar refractivity (Wildman–Crippen MR) is 123 cm³/mol. The number of nitro benzene ring substituents is 1. The van der Waals surface area contributed by atoms with Crippen molar-refractivity contribution in [1.82, 2.24) is 0 Å². The molecule has 4 rings (SSSR count). The van der Waals surface area contributed by atoms with Gasteiger partial charge in [-0.2, -0.15) is 0 Å². The third-order valence-electron chi connectivity index (χ3n) is 4.21. The van der Waals surface area contributed by atoms with Crippen molar-refractivity contribution in [3.63, 3.8) is 0 Å². The number of halogens is 2. The van der Waals surface area contributed by atoms with E-state index in [0.717, 1.165) is 10.1 Å². The zero-order chi connectivity index (χ0) is 21.3. The van der Waals surface area contributed by atoms with E-state index in [4.69, 9.17) is 23.2 Å². The summed E-state index contributed by atoms with van der Waals surface area (Å²) in [7, 11) is 0. The topological polar surface area (TPSA) is 72.2 Å². The molecular formula is C21H12Cl2N2O3S2. The van der Waals surface area contributed by atoms with Gasteiger partial charge in [-0.05, 0) is 30.3 Å². The molecule has 0 aliphatic heterocycles. The monoisotopic (exact) mass is 474 g/mol. The molecule has 0 saturated heterocycles. The van der Waals surface area contributed by atoms with Crippen LogP contribution in [0.1, 0.15) is 9.67 Å². The average molecular weight is 475 g/mol. The number of para-hydroxylation sites is 1. The summed E-state index contributed by atoms with van der Waals surface area (Å²) in [5, 5.41) is 15.8. The van der Waals surface area contributed by atoms with Crippen molar-refractivity contribution in [1.29, 1.82) is 0 Å². The fourth-order valence-electron chi connectivity index (χ4n) is 2.84. The highest BCUT2D eigenvalue weighted by Crippen LogP contribution is 2.40. The molecule has 5 nitrogen and oxygen atoms in total. The van der Waals surface area contributed by atoms with Gasteiger partial charge in [0, 0.05) is 26.1 Å². The molecule has 9 heteroatoms. The van der Waals surface area contributed by atoms with E-state index in [2.05, 4.69) is 5.32 Å². The molecule has 0 spiro atoms. The molecule has 0 radical (unpaired) electrons. The van der Waals surface area contributed by atoms with Crippen LogP contribution in [0.2, 0.25) is 10.0 Å². The third kappa shape index (κ3) is 4.15. The molecule has 1 heterocycles.